The van der Waals surface area contributed by atoms with Crippen LogP contribution in [-0.2, 0) is 6.42 Å². The largest absolute Gasteiger partial charge is 0.496 e. The minimum atomic E-state index is 0.612. The van der Waals surface area contributed by atoms with E-state index in [0.717, 1.165) is 17.2 Å². The summed E-state index contributed by atoms with van der Waals surface area (Å²) in [6, 6.07) is 5.84. The average Bonchev–Trinajstić information content (AvgIpc) is 2.65. The van der Waals surface area contributed by atoms with E-state index in [9.17, 15) is 0 Å². The number of halogens is 2. The third-order valence-electron chi connectivity index (χ3n) is 2.85. The summed E-state index contributed by atoms with van der Waals surface area (Å²) >= 11 is 11.8. The quantitative estimate of drug-likeness (QED) is 0.778. The van der Waals surface area contributed by atoms with Crippen LogP contribution in [0.25, 0.3) is 0 Å². The Morgan fingerprint density at radius 1 is 1.50 bits per heavy atom. The highest BCUT2D eigenvalue weighted by atomic mass is 79.9. The minimum Gasteiger partial charge on any atom is -0.496 e. The average molecular weight is 322 g/mol. The van der Waals surface area contributed by atoms with Crippen LogP contribution in [0.5, 0.6) is 5.75 Å². The molecule has 4 heteroatoms. The monoisotopic (exact) mass is 320 g/mol. The predicted octanol–water partition coefficient (Wildman–Crippen LogP) is 4.02. The van der Waals surface area contributed by atoms with E-state index in [1.807, 2.05) is 30.0 Å². The Balaban J connectivity index is 2.16. The van der Waals surface area contributed by atoms with Gasteiger partial charge in [-0.05, 0) is 41.9 Å². The van der Waals surface area contributed by atoms with Gasteiger partial charge in [-0.2, -0.15) is 11.8 Å². The Morgan fingerprint density at radius 2 is 2.31 bits per heavy atom. The number of methoxy groups -OCH3 is 1. The van der Waals surface area contributed by atoms with Crippen molar-refractivity contribution in [2.45, 2.75) is 11.2 Å². The zero-order chi connectivity index (χ0) is 11.5. The molecule has 1 aliphatic rings. The number of hydrogen-bond donors (Lipinski definition) is 0. The maximum Gasteiger partial charge on any atom is 0.122 e. The lowest BCUT2D eigenvalue weighted by Crippen LogP contribution is -2.14. The summed E-state index contributed by atoms with van der Waals surface area (Å²) in [6.07, 6.45) is 1.03. The fourth-order valence-electron chi connectivity index (χ4n) is 1.95. The van der Waals surface area contributed by atoms with E-state index in [0.29, 0.717) is 10.7 Å². The molecule has 1 heterocycles. The lowest BCUT2D eigenvalue weighted by molar-refractivity contribution is 0.406. The number of benzene rings is 1. The topological polar surface area (TPSA) is 9.23 Å². The van der Waals surface area contributed by atoms with E-state index in [1.54, 1.807) is 7.11 Å². The van der Waals surface area contributed by atoms with Crippen LogP contribution in [0, 0.1) is 5.92 Å². The summed E-state index contributed by atoms with van der Waals surface area (Å²) in [7, 11) is 1.71. The van der Waals surface area contributed by atoms with E-state index >= 15 is 0 Å². The number of alkyl halides is 1. The molecule has 0 amide bonds. The molecular formula is C12H14BrClOS. The van der Waals surface area contributed by atoms with Crippen molar-refractivity contribution in [2.24, 2.45) is 5.92 Å². The first-order valence-electron chi connectivity index (χ1n) is 5.25. The van der Waals surface area contributed by atoms with Crippen LogP contribution >= 0.6 is 39.3 Å². The van der Waals surface area contributed by atoms with E-state index in [1.165, 1.54) is 17.1 Å². The van der Waals surface area contributed by atoms with Gasteiger partial charge in [-0.3, -0.25) is 0 Å². The van der Waals surface area contributed by atoms with Gasteiger partial charge in [0, 0.05) is 15.6 Å². The van der Waals surface area contributed by atoms with Gasteiger partial charge >= 0.3 is 0 Å². The van der Waals surface area contributed by atoms with Crippen molar-refractivity contribution >= 4 is 39.3 Å². The highest BCUT2D eigenvalue weighted by Gasteiger charge is 2.26. The van der Waals surface area contributed by atoms with Gasteiger partial charge < -0.3 is 4.74 Å². The molecule has 0 spiro atoms. The maximum atomic E-state index is 6.02. The lowest BCUT2D eigenvalue weighted by atomic mass is 9.98. The number of thioether (sulfide) groups is 1. The van der Waals surface area contributed by atoms with E-state index in [-0.39, 0.29) is 0 Å². The van der Waals surface area contributed by atoms with Crippen LogP contribution in [0.3, 0.4) is 0 Å². The van der Waals surface area contributed by atoms with Crippen LogP contribution < -0.4 is 4.74 Å². The van der Waals surface area contributed by atoms with E-state index in [2.05, 4.69) is 15.9 Å². The van der Waals surface area contributed by atoms with Crippen LogP contribution in [0.2, 0.25) is 5.02 Å². The predicted molar refractivity (Wildman–Crippen MR) is 75.2 cm³/mol. The molecular weight excluding hydrogens is 308 g/mol. The van der Waals surface area contributed by atoms with Crippen LogP contribution in [0.1, 0.15) is 5.56 Å². The van der Waals surface area contributed by atoms with Crippen molar-refractivity contribution in [3.05, 3.63) is 28.8 Å². The molecule has 2 unspecified atom stereocenters. The van der Waals surface area contributed by atoms with Crippen molar-refractivity contribution in [3.63, 3.8) is 0 Å². The second-order valence-corrected chi connectivity index (χ2v) is 6.66. The highest BCUT2D eigenvalue weighted by molar-refractivity contribution is 9.09. The molecule has 1 aromatic carbocycles. The Morgan fingerprint density at radius 3 is 2.94 bits per heavy atom. The highest BCUT2D eigenvalue weighted by Crippen LogP contribution is 2.34. The van der Waals surface area contributed by atoms with Crippen LogP contribution in [0.15, 0.2) is 18.2 Å². The molecule has 0 radical (unpaired) electrons. The first kappa shape index (κ1) is 12.6. The molecule has 0 aliphatic carbocycles. The molecule has 0 saturated carbocycles. The lowest BCUT2D eigenvalue weighted by Gasteiger charge is -2.15. The minimum absolute atomic E-state index is 0.612. The summed E-state index contributed by atoms with van der Waals surface area (Å²) < 4.78 is 5.37. The van der Waals surface area contributed by atoms with Crippen molar-refractivity contribution in [1.82, 2.24) is 0 Å². The third kappa shape index (κ3) is 2.88. The smallest absolute Gasteiger partial charge is 0.122 e. The number of hydrogen-bond acceptors (Lipinski definition) is 2. The fourth-order valence-corrected chi connectivity index (χ4v) is 4.61. The van der Waals surface area contributed by atoms with Gasteiger partial charge in [0.1, 0.15) is 5.75 Å². The van der Waals surface area contributed by atoms with Crippen LogP contribution in [-0.4, -0.2) is 23.4 Å². The normalized spacial score (nSPS) is 24.7. The van der Waals surface area contributed by atoms with Gasteiger partial charge in [-0.1, -0.05) is 27.5 Å². The Kier molecular flexibility index (Phi) is 4.45. The first-order valence-corrected chi connectivity index (χ1v) is 7.69. The van der Waals surface area contributed by atoms with Crippen molar-refractivity contribution < 1.29 is 4.74 Å². The molecule has 2 rings (SSSR count). The Labute approximate surface area is 114 Å². The molecule has 2 atom stereocenters. The van der Waals surface area contributed by atoms with E-state index < -0.39 is 0 Å². The summed E-state index contributed by atoms with van der Waals surface area (Å²) in [5, 5.41) is 0.785. The molecule has 0 bridgehead atoms. The zero-order valence-corrected chi connectivity index (χ0v) is 12.2. The van der Waals surface area contributed by atoms with Gasteiger partial charge in [0.2, 0.25) is 0 Å². The standard InChI is InChI=1S/C12H14BrClOS/c1-15-12-3-2-10(14)5-8(12)4-9-6-16-7-11(9)13/h2-3,5,9,11H,4,6-7H2,1H3. The van der Waals surface area contributed by atoms with Gasteiger partial charge in [0.15, 0.2) is 0 Å². The second kappa shape index (κ2) is 5.65. The second-order valence-electron chi connectivity index (χ2n) is 3.97. The SMILES string of the molecule is COc1ccc(Cl)cc1CC1CSCC1Br. The fraction of sp³-hybridized carbons (Fsp3) is 0.500. The zero-order valence-electron chi connectivity index (χ0n) is 9.08. The number of ether oxygens (including phenoxy) is 1. The molecule has 0 aromatic heterocycles. The number of rotatable bonds is 3. The van der Waals surface area contributed by atoms with E-state index in [4.69, 9.17) is 16.3 Å². The van der Waals surface area contributed by atoms with Gasteiger partial charge in [-0.25, -0.2) is 0 Å². The van der Waals surface area contributed by atoms with Crippen molar-refractivity contribution in [2.75, 3.05) is 18.6 Å². The Hall–Kier alpha value is 0.140. The molecule has 16 heavy (non-hydrogen) atoms. The van der Waals surface area contributed by atoms with Crippen molar-refractivity contribution in [3.8, 4) is 5.75 Å². The molecule has 88 valence electrons. The van der Waals surface area contributed by atoms with Gasteiger partial charge in [0.25, 0.3) is 0 Å². The molecule has 1 aliphatic heterocycles. The third-order valence-corrected chi connectivity index (χ3v) is 5.84. The van der Waals surface area contributed by atoms with Gasteiger partial charge in [-0.15, -0.1) is 0 Å². The maximum absolute atomic E-state index is 6.02. The summed E-state index contributed by atoms with van der Waals surface area (Å²) in [6.45, 7) is 0. The summed E-state index contributed by atoms with van der Waals surface area (Å²) in [5.74, 6) is 4.04. The molecule has 1 aromatic rings. The molecule has 1 saturated heterocycles. The molecule has 0 N–H and O–H groups in total. The van der Waals surface area contributed by atoms with Gasteiger partial charge in [0.05, 0.1) is 7.11 Å². The van der Waals surface area contributed by atoms with Crippen molar-refractivity contribution in [1.29, 1.82) is 0 Å². The molecule has 1 fully saturated rings. The van der Waals surface area contributed by atoms with Crippen LogP contribution in [0.4, 0.5) is 0 Å². The Bertz CT molecular complexity index is 372. The molecule has 1 nitrogen and oxygen atoms in total. The first-order chi connectivity index (χ1) is 7.70. The summed E-state index contributed by atoms with van der Waals surface area (Å²) in [5.41, 5.74) is 1.21. The summed E-state index contributed by atoms with van der Waals surface area (Å²) in [4.78, 5) is 0.612.